The third kappa shape index (κ3) is 4.16. The summed E-state index contributed by atoms with van der Waals surface area (Å²) in [6.07, 6.45) is 4.23. The molecule has 2 aromatic rings. The number of aryl methyl sites for hydroxylation is 1. The van der Waals surface area contributed by atoms with E-state index in [1.165, 1.54) is 0 Å². The molecule has 1 fully saturated rings. The predicted octanol–water partition coefficient (Wildman–Crippen LogP) is 2.48. The Labute approximate surface area is 135 Å². The monoisotopic (exact) mass is 309 g/mol. The number of hydrogen-bond donors (Lipinski definition) is 0. The molecule has 5 heteroatoms. The Kier molecular flexibility index (Phi) is 4.66. The molecule has 118 valence electrons. The van der Waals surface area contributed by atoms with Gasteiger partial charge < -0.3 is 9.64 Å². The molecule has 1 aromatic carbocycles. The number of nitrogens with zero attached hydrogens (tertiary/aromatic N) is 3. The molecule has 1 unspecified atom stereocenters. The van der Waals surface area contributed by atoms with Crippen LogP contribution in [0.2, 0.25) is 0 Å². The lowest BCUT2D eigenvalue weighted by molar-refractivity contribution is -0.125. The van der Waals surface area contributed by atoms with Gasteiger partial charge in [0.1, 0.15) is 6.10 Å². The van der Waals surface area contributed by atoms with Crippen LogP contribution >= 0.6 is 0 Å². The maximum Gasteiger partial charge on any atom is 0.246 e. The van der Waals surface area contributed by atoms with Gasteiger partial charge in [0, 0.05) is 25.1 Å². The first-order valence-electron chi connectivity index (χ1n) is 7.70. The Bertz CT molecular complexity index is 683. The molecule has 0 aliphatic carbocycles. The van der Waals surface area contributed by atoms with Crippen LogP contribution in [0.1, 0.15) is 17.7 Å². The fourth-order valence-corrected chi connectivity index (χ4v) is 2.48. The number of hydrogen-bond acceptors (Lipinski definition) is 4. The first-order chi connectivity index (χ1) is 11.2. The highest BCUT2D eigenvalue weighted by atomic mass is 16.5. The average molecular weight is 309 g/mol. The molecule has 0 bridgehead atoms. The van der Waals surface area contributed by atoms with Crippen molar-refractivity contribution in [3.63, 3.8) is 0 Å². The molecule has 2 heterocycles. The summed E-state index contributed by atoms with van der Waals surface area (Å²) in [7, 11) is 0. The van der Waals surface area contributed by atoms with Gasteiger partial charge in [-0.2, -0.15) is 5.10 Å². The smallest absolute Gasteiger partial charge is 0.246 e. The van der Waals surface area contributed by atoms with Gasteiger partial charge in [0.15, 0.2) is 0 Å². The van der Waals surface area contributed by atoms with Gasteiger partial charge in [-0.05, 0) is 24.6 Å². The Morgan fingerprint density at radius 2 is 2.04 bits per heavy atom. The van der Waals surface area contributed by atoms with E-state index in [0.717, 1.165) is 17.7 Å². The average Bonchev–Trinajstić information content (AvgIpc) is 3.04. The number of ether oxygens (including phenoxy) is 1. The second-order valence-corrected chi connectivity index (χ2v) is 5.57. The third-order valence-electron chi connectivity index (χ3n) is 3.74. The molecule has 0 saturated carbocycles. The van der Waals surface area contributed by atoms with E-state index in [0.29, 0.717) is 19.0 Å². The zero-order valence-electron chi connectivity index (χ0n) is 13.1. The van der Waals surface area contributed by atoms with Crippen molar-refractivity contribution < 1.29 is 9.53 Å². The molecule has 3 rings (SSSR count). The minimum Gasteiger partial charge on any atom is -0.471 e. The Balaban J connectivity index is 1.53. The molecule has 1 aliphatic heterocycles. The molecule has 1 saturated heterocycles. The Hall–Kier alpha value is -2.69. The molecule has 1 aromatic heterocycles. The summed E-state index contributed by atoms with van der Waals surface area (Å²) in [6.45, 7) is 3.15. The Morgan fingerprint density at radius 1 is 1.22 bits per heavy atom. The summed E-state index contributed by atoms with van der Waals surface area (Å²) in [5.74, 6) is 0.518. The van der Waals surface area contributed by atoms with E-state index in [4.69, 9.17) is 4.74 Å². The summed E-state index contributed by atoms with van der Waals surface area (Å²) >= 11 is 0. The van der Waals surface area contributed by atoms with E-state index in [2.05, 4.69) is 10.2 Å². The molecular weight excluding hydrogens is 290 g/mol. The molecule has 0 N–H and O–H groups in total. The number of rotatable bonds is 4. The molecule has 1 aliphatic rings. The fourth-order valence-electron chi connectivity index (χ4n) is 2.48. The van der Waals surface area contributed by atoms with Crippen LogP contribution < -0.4 is 4.74 Å². The summed E-state index contributed by atoms with van der Waals surface area (Å²) in [5.41, 5.74) is 1.87. The van der Waals surface area contributed by atoms with Crippen LogP contribution in [0.25, 0.3) is 6.08 Å². The topological polar surface area (TPSA) is 55.3 Å². The lowest BCUT2D eigenvalue weighted by Gasteiger charge is -2.15. The number of amides is 1. The van der Waals surface area contributed by atoms with Crippen molar-refractivity contribution in [2.75, 3.05) is 13.1 Å². The summed E-state index contributed by atoms with van der Waals surface area (Å²) in [4.78, 5) is 14.0. The van der Waals surface area contributed by atoms with Crippen LogP contribution in [0, 0.1) is 6.92 Å². The van der Waals surface area contributed by atoms with Crippen LogP contribution in [-0.4, -0.2) is 40.2 Å². The van der Waals surface area contributed by atoms with Crippen molar-refractivity contribution in [2.45, 2.75) is 19.4 Å². The van der Waals surface area contributed by atoms with Gasteiger partial charge in [0.05, 0.1) is 12.2 Å². The lowest BCUT2D eigenvalue weighted by Crippen LogP contribution is -2.29. The lowest BCUT2D eigenvalue weighted by atomic mass is 10.2. The molecule has 1 atom stereocenters. The molecule has 5 nitrogen and oxygen atoms in total. The van der Waals surface area contributed by atoms with Crippen molar-refractivity contribution in [1.82, 2.24) is 15.1 Å². The van der Waals surface area contributed by atoms with Crippen LogP contribution in [0.5, 0.6) is 5.88 Å². The van der Waals surface area contributed by atoms with E-state index in [9.17, 15) is 4.79 Å². The fraction of sp³-hybridized carbons (Fsp3) is 0.278. The zero-order valence-corrected chi connectivity index (χ0v) is 13.1. The minimum absolute atomic E-state index is 0.00921. The molecule has 0 spiro atoms. The van der Waals surface area contributed by atoms with Crippen LogP contribution in [0.3, 0.4) is 0 Å². The molecular formula is C18H19N3O2. The van der Waals surface area contributed by atoms with Gasteiger partial charge in [0.25, 0.3) is 0 Å². The second kappa shape index (κ2) is 7.05. The highest BCUT2D eigenvalue weighted by molar-refractivity contribution is 5.92. The van der Waals surface area contributed by atoms with Crippen LogP contribution in [0.4, 0.5) is 0 Å². The van der Waals surface area contributed by atoms with Crippen LogP contribution in [0.15, 0.2) is 48.5 Å². The van der Waals surface area contributed by atoms with Gasteiger partial charge in [-0.1, -0.05) is 30.3 Å². The highest BCUT2D eigenvalue weighted by Gasteiger charge is 2.26. The van der Waals surface area contributed by atoms with Gasteiger partial charge in [-0.25, -0.2) is 0 Å². The zero-order chi connectivity index (χ0) is 16.1. The first kappa shape index (κ1) is 15.2. The normalized spacial score (nSPS) is 17.6. The van der Waals surface area contributed by atoms with Crippen molar-refractivity contribution in [1.29, 1.82) is 0 Å². The van der Waals surface area contributed by atoms with Gasteiger partial charge in [-0.15, -0.1) is 5.10 Å². The van der Waals surface area contributed by atoms with E-state index in [-0.39, 0.29) is 12.0 Å². The SMILES string of the molecule is Cc1ccc(OC2CCN(C(=O)/C=C/c3ccccc3)C2)nn1. The number of carbonyl (C=O) groups is 1. The standard InChI is InChI=1S/C18H19N3O2/c1-14-7-9-17(20-19-14)23-16-11-12-21(13-16)18(22)10-8-15-5-3-2-4-6-15/h2-10,16H,11-13H2,1H3/b10-8+. The van der Waals surface area contributed by atoms with Crippen LogP contribution in [-0.2, 0) is 4.79 Å². The van der Waals surface area contributed by atoms with Crippen molar-refractivity contribution in [2.24, 2.45) is 0 Å². The third-order valence-corrected chi connectivity index (χ3v) is 3.74. The predicted molar refractivity (Wildman–Crippen MR) is 87.9 cm³/mol. The summed E-state index contributed by atoms with van der Waals surface area (Å²) < 4.78 is 5.78. The quantitative estimate of drug-likeness (QED) is 0.814. The number of benzene rings is 1. The molecule has 23 heavy (non-hydrogen) atoms. The van der Waals surface area contributed by atoms with E-state index in [1.807, 2.05) is 55.5 Å². The van der Waals surface area contributed by atoms with E-state index in [1.54, 1.807) is 11.0 Å². The maximum absolute atomic E-state index is 12.2. The van der Waals surface area contributed by atoms with Crippen molar-refractivity contribution in [3.8, 4) is 5.88 Å². The minimum atomic E-state index is -0.0268. The maximum atomic E-state index is 12.2. The molecule has 1 amide bonds. The van der Waals surface area contributed by atoms with Gasteiger partial charge in [-0.3, -0.25) is 4.79 Å². The Morgan fingerprint density at radius 3 is 2.78 bits per heavy atom. The second-order valence-electron chi connectivity index (χ2n) is 5.57. The highest BCUT2D eigenvalue weighted by Crippen LogP contribution is 2.16. The van der Waals surface area contributed by atoms with E-state index < -0.39 is 0 Å². The number of carbonyl (C=O) groups excluding carboxylic acids is 1. The number of likely N-dealkylation sites (tertiary alicyclic amines) is 1. The van der Waals surface area contributed by atoms with Gasteiger partial charge >= 0.3 is 0 Å². The van der Waals surface area contributed by atoms with Crippen molar-refractivity contribution >= 4 is 12.0 Å². The summed E-state index contributed by atoms with van der Waals surface area (Å²) in [5, 5.41) is 7.97. The van der Waals surface area contributed by atoms with Crippen molar-refractivity contribution in [3.05, 3.63) is 59.8 Å². The van der Waals surface area contributed by atoms with Gasteiger partial charge in [0.2, 0.25) is 11.8 Å². The largest absolute Gasteiger partial charge is 0.471 e. The molecule has 0 radical (unpaired) electrons. The number of aromatic nitrogens is 2. The summed E-state index contributed by atoms with van der Waals surface area (Å²) in [6, 6.07) is 13.5. The van der Waals surface area contributed by atoms with E-state index >= 15 is 0 Å². The first-order valence-corrected chi connectivity index (χ1v) is 7.70.